The highest BCUT2D eigenvalue weighted by atomic mass is 79.9. The number of para-hydroxylation sites is 3. The average Bonchev–Trinajstić information content (AvgIpc) is 3.97. The van der Waals surface area contributed by atoms with Crippen LogP contribution in [0.3, 0.4) is 0 Å². The normalized spacial score (nSPS) is 20.4. The van der Waals surface area contributed by atoms with Crippen molar-refractivity contribution >= 4 is 58.1 Å². The molecular formula is C53H50BrN5O6Si. The number of anilines is 3. The Labute approximate surface area is 393 Å². The summed E-state index contributed by atoms with van der Waals surface area (Å²) in [7, 11) is -0.750. The Morgan fingerprint density at radius 3 is 2.30 bits per heavy atom. The molecule has 1 spiro atoms. The molecular weight excluding hydrogens is 911 g/mol. The van der Waals surface area contributed by atoms with Gasteiger partial charge in [0.1, 0.15) is 11.5 Å². The number of carbonyl (C=O) groups excluding carboxylic acids is 2. The molecule has 3 aliphatic heterocycles. The van der Waals surface area contributed by atoms with Crippen LogP contribution in [0.4, 0.5) is 17.1 Å². The van der Waals surface area contributed by atoms with E-state index in [2.05, 4.69) is 64.5 Å². The topological polar surface area (TPSA) is 119 Å². The quantitative estimate of drug-likeness (QED) is 0.120. The molecule has 66 heavy (non-hydrogen) atoms. The summed E-state index contributed by atoms with van der Waals surface area (Å²) in [6, 6.07) is 46.9. The number of aliphatic hydroxyl groups is 1. The van der Waals surface area contributed by atoms with E-state index in [1.54, 1.807) is 18.1 Å². The molecule has 2 amide bonds. The molecule has 0 aliphatic carbocycles. The number of benzene rings is 6. The van der Waals surface area contributed by atoms with E-state index in [1.165, 1.54) is 5.19 Å². The van der Waals surface area contributed by atoms with Crippen LogP contribution in [0, 0.1) is 5.92 Å². The zero-order valence-electron chi connectivity index (χ0n) is 37.2. The molecule has 1 fully saturated rings. The number of nitrogens with zero attached hydrogens (tertiary/aromatic N) is 5. The van der Waals surface area contributed by atoms with Crippen LogP contribution < -0.4 is 24.5 Å². The van der Waals surface area contributed by atoms with E-state index < -0.39 is 13.7 Å². The minimum atomic E-state index is -2.43. The van der Waals surface area contributed by atoms with Gasteiger partial charge in [0.15, 0.2) is 11.4 Å². The molecule has 4 heterocycles. The number of fused-ring (bicyclic) bond motifs is 4. The Kier molecular flexibility index (Phi) is 11.5. The molecule has 1 aromatic heterocycles. The third kappa shape index (κ3) is 7.43. The van der Waals surface area contributed by atoms with Gasteiger partial charge in [-0.2, -0.15) is 0 Å². The van der Waals surface area contributed by atoms with E-state index >= 15 is 4.79 Å². The largest absolute Gasteiger partial charge is 0.497 e. The van der Waals surface area contributed by atoms with Crippen molar-refractivity contribution in [3.63, 3.8) is 0 Å². The van der Waals surface area contributed by atoms with Crippen molar-refractivity contribution in [2.75, 3.05) is 23.5 Å². The number of ether oxygens (including phenoxy) is 3. The number of halogens is 1. The number of aromatic nitrogens is 3. The van der Waals surface area contributed by atoms with Gasteiger partial charge in [0.25, 0.3) is 11.8 Å². The molecule has 0 bridgehead atoms. The molecule has 10 rings (SSSR count). The highest BCUT2D eigenvalue weighted by molar-refractivity contribution is 9.10. The van der Waals surface area contributed by atoms with Gasteiger partial charge in [-0.1, -0.05) is 125 Å². The summed E-state index contributed by atoms with van der Waals surface area (Å²) >= 11 is 3.75. The van der Waals surface area contributed by atoms with Crippen molar-refractivity contribution in [2.24, 2.45) is 5.92 Å². The van der Waals surface area contributed by atoms with Crippen LogP contribution in [0.2, 0.25) is 18.6 Å². The van der Waals surface area contributed by atoms with Crippen LogP contribution in [0.25, 0.3) is 0 Å². The van der Waals surface area contributed by atoms with Crippen molar-refractivity contribution in [3.8, 4) is 17.2 Å². The first-order chi connectivity index (χ1) is 32.0. The minimum Gasteiger partial charge on any atom is -0.497 e. The first-order valence-electron chi connectivity index (χ1n) is 22.3. The van der Waals surface area contributed by atoms with Gasteiger partial charge in [-0.3, -0.25) is 19.2 Å². The van der Waals surface area contributed by atoms with Gasteiger partial charge in [-0.05, 0) is 89.8 Å². The van der Waals surface area contributed by atoms with E-state index in [9.17, 15) is 9.90 Å². The predicted molar refractivity (Wildman–Crippen MR) is 261 cm³/mol. The minimum absolute atomic E-state index is 0.0153. The Hall–Kier alpha value is -6.38. The second kappa shape index (κ2) is 17.4. The summed E-state index contributed by atoms with van der Waals surface area (Å²) in [4.78, 5) is 33.3. The highest BCUT2D eigenvalue weighted by Gasteiger charge is 2.66. The third-order valence-electron chi connectivity index (χ3n) is 13.9. The van der Waals surface area contributed by atoms with Crippen LogP contribution in [0.15, 0.2) is 156 Å². The molecule has 1 saturated heterocycles. The Morgan fingerprint density at radius 2 is 1.56 bits per heavy atom. The molecule has 0 saturated carbocycles. The Balaban J connectivity index is 0.976. The van der Waals surface area contributed by atoms with Gasteiger partial charge in [0, 0.05) is 34.4 Å². The monoisotopic (exact) mass is 959 g/mol. The Bertz CT molecular complexity index is 2930. The van der Waals surface area contributed by atoms with Gasteiger partial charge in [0.05, 0.1) is 63.0 Å². The lowest BCUT2D eigenvalue weighted by atomic mass is 9.82. The second-order valence-corrected chi connectivity index (χ2v) is 23.5. The van der Waals surface area contributed by atoms with Crippen molar-refractivity contribution in [1.82, 2.24) is 15.0 Å². The highest BCUT2D eigenvalue weighted by Crippen LogP contribution is 2.60. The second-order valence-electron chi connectivity index (χ2n) is 17.9. The number of aryl methyl sites for hydroxylation is 1. The number of hydrogen-bond donors (Lipinski definition) is 1. The Morgan fingerprint density at radius 1 is 0.848 bits per heavy atom. The van der Waals surface area contributed by atoms with E-state index in [0.717, 1.165) is 32.6 Å². The molecule has 6 aromatic carbocycles. The van der Waals surface area contributed by atoms with E-state index in [-0.39, 0.29) is 41.9 Å². The lowest BCUT2D eigenvalue weighted by Crippen LogP contribution is -2.51. The van der Waals surface area contributed by atoms with Crippen molar-refractivity contribution < 1.29 is 28.9 Å². The summed E-state index contributed by atoms with van der Waals surface area (Å²) < 4.78 is 21.9. The van der Waals surface area contributed by atoms with Crippen LogP contribution in [0.5, 0.6) is 17.2 Å². The number of methoxy groups -OCH3 is 1. The summed E-state index contributed by atoms with van der Waals surface area (Å²) in [6.45, 7) is 7.67. The lowest BCUT2D eigenvalue weighted by molar-refractivity contribution is -0.146. The number of amides is 2. The van der Waals surface area contributed by atoms with Gasteiger partial charge >= 0.3 is 0 Å². The lowest BCUT2D eigenvalue weighted by Gasteiger charge is -2.37. The molecule has 3 aliphatic rings. The summed E-state index contributed by atoms with van der Waals surface area (Å²) in [5.41, 5.74) is 4.77. The fourth-order valence-corrected chi connectivity index (χ4v) is 15.0. The fraction of sp³-hybridized carbons (Fsp3) is 0.245. The maximum absolute atomic E-state index is 15.6. The fourth-order valence-electron chi connectivity index (χ4n) is 10.6. The van der Waals surface area contributed by atoms with Crippen molar-refractivity contribution in [3.05, 3.63) is 184 Å². The number of hydrogen-bond acceptors (Lipinski definition) is 8. The van der Waals surface area contributed by atoms with Gasteiger partial charge in [-0.15, -0.1) is 5.10 Å². The molecule has 1 unspecified atom stereocenters. The molecule has 13 heteroatoms. The van der Waals surface area contributed by atoms with Gasteiger partial charge in [-0.25, -0.2) is 0 Å². The van der Waals surface area contributed by atoms with Crippen LogP contribution in [-0.4, -0.2) is 59.8 Å². The molecule has 334 valence electrons. The molecule has 5 atom stereocenters. The molecule has 0 radical (unpaired) electrons. The number of aliphatic hydroxyl groups excluding tert-OH is 1. The standard InChI is InChI=1S/C53H50BrN5O6Si/c1-34-50(66(3,4)40-25-23-39(63-2)24-26-40)49(28-29-57-32-44(55-56-57)42(33-60)36-12-6-5-7-13-36)65-53(34)43-30-37(54)20-27-45(43)58(52(53)62)31-35-18-21-38(22-19-35)59-46-15-9-11-17-48(46)64-47-16-10-8-14-41(47)51(59)61/h5-27,30,32,34,42,49-50,60H,28-29,31,33H2,1-4H3/t34-,42?,49+,50-,53+/m0/s1. The summed E-state index contributed by atoms with van der Waals surface area (Å²) in [5.74, 6) is 1.09. The van der Waals surface area contributed by atoms with Gasteiger partial charge < -0.3 is 24.2 Å². The summed E-state index contributed by atoms with van der Waals surface area (Å²) in [5, 5.41) is 20.7. The summed E-state index contributed by atoms with van der Waals surface area (Å²) in [6.07, 6.45) is 2.20. The third-order valence-corrected chi connectivity index (χ3v) is 18.8. The zero-order valence-corrected chi connectivity index (χ0v) is 39.8. The zero-order chi connectivity index (χ0) is 45.7. The molecule has 11 nitrogen and oxygen atoms in total. The van der Waals surface area contributed by atoms with Crippen LogP contribution >= 0.6 is 15.9 Å². The number of carbonyl (C=O) groups is 2. The van der Waals surface area contributed by atoms with Crippen LogP contribution in [-0.2, 0) is 28.2 Å². The SMILES string of the molecule is COc1ccc([Si](C)(C)[C@@H]2[C@@H](CCn3cc(C(CO)c4ccccc4)nn3)O[C@]3(C(=O)N(Cc4ccc(N5C(=O)c6ccccc6Oc6ccccc65)cc4)c4ccc(Br)cc43)[C@H]2C)cc1. The van der Waals surface area contributed by atoms with E-state index in [1.807, 2.05) is 137 Å². The van der Waals surface area contributed by atoms with Gasteiger partial charge in [0.2, 0.25) is 0 Å². The number of rotatable bonds is 12. The van der Waals surface area contributed by atoms with Crippen molar-refractivity contribution in [1.29, 1.82) is 0 Å². The first-order valence-corrected chi connectivity index (χ1v) is 26.2. The predicted octanol–water partition coefficient (Wildman–Crippen LogP) is 10.1. The van der Waals surface area contributed by atoms with E-state index in [0.29, 0.717) is 53.6 Å². The molecule has 7 aromatic rings. The van der Waals surface area contributed by atoms with Crippen molar-refractivity contribution in [2.45, 2.75) is 62.7 Å². The van der Waals surface area contributed by atoms with Crippen LogP contribution in [0.1, 0.15) is 52.0 Å². The average molecular weight is 961 g/mol. The maximum atomic E-state index is 15.6. The smallest absolute Gasteiger partial charge is 0.266 e. The van der Waals surface area contributed by atoms with E-state index in [4.69, 9.17) is 14.2 Å². The maximum Gasteiger partial charge on any atom is 0.266 e. The first kappa shape index (κ1) is 43.5. The molecule has 1 N–H and O–H groups in total.